The van der Waals surface area contributed by atoms with E-state index in [9.17, 15) is 18.0 Å². The van der Waals surface area contributed by atoms with Gasteiger partial charge in [0.05, 0.1) is 4.90 Å². The highest BCUT2D eigenvalue weighted by atomic mass is 32.2. The first-order valence-corrected chi connectivity index (χ1v) is 10.5. The summed E-state index contributed by atoms with van der Waals surface area (Å²) in [5.74, 6) is -0.852. The van der Waals surface area contributed by atoms with Crippen LogP contribution in [0.5, 0.6) is 0 Å². The molecule has 0 saturated carbocycles. The minimum Gasteiger partial charge on any atom is -0.310 e. The maximum absolute atomic E-state index is 13.3. The van der Waals surface area contributed by atoms with Gasteiger partial charge in [-0.25, -0.2) is 12.7 Å². The Kier molecular flexibility index (Phi) is 4.47. The molecule has 6 nitrogen and oxygen atoms in total. The predicted octanol–water partition coefficient (Wildman–Crippen LogP) is 2.35. The maximum Gasteiger partial charge on any atom is 0.267 e. The zero-order valence-electron chi connectivity index (χ0n) is 14.7. The molecule has 0 N–H and O–H groups in total. The average molecular weight is 384 g/mol. The third-order valence-corrected chi connectivity index (χ3v) is 6.97. The first-order chi connectivity index (χ1) is 13.0. The molecule has 2 aliphatic heterocycles. The van der Waals surface area contributed by atoms with E-state index in [1.165, 1.54) is 12.1 Å². The lowest BCUT2D eigenvalue weighted by molar-refractivity contribution is -0.129. The fourth-order valence-electron chi connectivity index (χ4n) is 3.84. The molecule has 2 aliphatic rings. The highest BCUT2D eigenvalue weighted by molar-refractivity contribution is 7.89. The largest absolute Gasteiger partial charge is 0.310 e. The molecule has 2 amide bonds. The van der Waals surface area contributed by atoms with Gasteiger partial charge in [0, 0.05) is 18.7 Å². The molecule has 0 aliphatic carbocycles. The second-order valence-electron chi connectivity index (χ2n) is 6.78. The Bertz CT molecular complexity index is 988. The summed E-state index contributed by atoms with van der Waals surface area (Å²) in [5.41, 5.74) is 1.88. The quantitative estimate of drug-likeness (QED) is 0.814. The third kappa shape index (κ3) is 3.02. The van der Waals surface area contributed by atoms with Crippen LogP contribution in [-0.4, -0.2) is 37.1 Å². The topological polar surface area (TPSA) is 74.8 Å². The molecule has 1 saturated heterocycles. The summed E-state index contributed by atoms with van der Waals surface area (Å²) in [7, 11) is -4.06. The van der Waals surface area contributed by atoms with Gasteiger partial charge in [-0.1, -0.05) is 36.4 Å². The molecule has 0 spiro atoms. The third-order valence-electron chi connectivity index (χ3n) is 5.12. The second-order valence-corrected chi connectivity index (χ2v) is 8.60. The van der Waals surface area contributed by atoms with Crippen molar-refractivity contribution in [2.75, 3.05) is 11.4 Å². The van der Waals surface area contributed by atoms with Crippen LogP contribution in [0, 0.1) is 0 Å². The Labute approximate surface area is 158 Å². The van der Waals surface area contributed by atoms with E-state index in [4.69, 9.17) is 0 Å². The fraction of sp³-hybridized carbons (Fsp3) is 0.300. The van der Waals surface area contributed by atoms with Gasteiger partial charge in [-0.05, 0) is 43.0 Å². The molecule has 0 radical (unpaired) electrons. The van der Waals surface area contributed by atoms with Crippen LogP contribution in [-0.2, 0) is 26.0 Å². The van der Waals surface area contributed by atoms with Gasteiger partial charge in [0.2, 0.25) is 5.91 Å². The molecule has 2 aromatic carbocycles. The summed E-state index contributed by atoms with van der Waals surface area (Å²) in [6, 6.07) is 14.5. The van der Waals surface area contributed by atoms with Crippen molar-refractivity contribution in [3.8, 4) is 0 Å². The van der Waals surface area contributed by atoms with Crippen LogP contribution in [0.1, 0.15) is 24.8 Å². The van der Waals surface area contributed by atoms with Crippen LogP contribution in [0.4, 0.5) is 5.69 Å². The molecular weight excluding hydrogens is 364 g/mol. The van der Waals surface area contributed by atoms with E-state index >= 15 is 0 Å². The highest BCUT2D eigenvalue weighted by Crippen LogP contribution is 2.32. The van der Waals surface area contributed by atoms with Gasteiger partial charge in [0.25, 0.3) is 15.9 Å². The van der Waals surface area contributed by atoms with Gasteiger partial charge >= 0.3 is 0 Å². The standard InChI is InChI=1S/C20H20N2O4S/c23-19-13-12-18(22(19)27(25,26)16-9-2-1-3-10-16)20(24)21-14-6-8-15-7-4-5-11-17(15)21/h1-5,7,9-11,18H,6,8,12-14H2. The number of hydrogen-bond acceptors (Lipinski definition) is 4. The summed E-state index contributed by atoms with van der Waals surface area (Å²) in [4.78, 5) is 27.3. The maximum atomic E-state index is 13.3. The molecule has 7 heteroatoms. The van der Waals surface area contributed by atoms with E-state index in [0.717, 1.165) is 28.4 Å². The molecule has 1 unspecified atom stereocenters. The lowest BCUT2D eigenvalue weighted by atomic mass is 10.0. The second kappa shape index (κ2) is 6.81. The van der Waals surface area contributed by atoms with Crippen molar-refractivity contribution in [3.63, 3.8) is 0 Å². The lowest BCUT2D eigenvalue weighted by Gasteiger charge is -2.33. The number of hydrogen-bond donors (Lipinski definition) is 0. The van der Waals surface area contributed by atoms with Crippen molar-refractivity contribution in [1.82, 2.24) is 4.31 Å². The van der Waals surface area contributed by atoms with Gasteiger partial charge in [-0.3, -0.25) is 9.59 Å². The number of amides is 2. The summed E-state index contributed by atoms with van der Waals surface area (Å²) in [5, 5.41) is 0. The molecule has 2 aromatic rings. The molecule has 1 fully saturated rings. The first-order valence-electron chi connectivity index (χ1n) is 9.02. The predicted molar refractivity (Wildman–Crippen MR) is 101 cm³/mol. The number of carbonyl (C=O) groups is 2. The van der Waals surface area contributed by atoms with Gasteiger partial charge in [-0.15, -0.1) is 0 Å². The summed E-state index contributed by atoms with van der Waals surface area (Å²) < 4.78 is 26.8. The van der Waals surface area contributed by atoms with Crippen LogP contribution < -0.4 is 4.90 Å². The highest BCUT2D eigenvalue weighted by Gasteiger charge is 2.46. The molecular formula is C20H20N2O4S. The van der Waals surface area contributed by atoms with Gasteiger partial charge in [-0.2, -0.15) is 0 Å². The van der Waals surface area contributed by atoms with Gasteiger partial charge in [0.15, 0.2) is 0 Å². The van der Waals surface area contributed by atoms with E-state index in [-0.39, 0.29) is 23.6 Å². The van der Waals surface area contributed by atoms with E-state index in [2.05, 4.69) is 0 Å². The van der Waals surface area contributed by atoms with E-state index in [0.29, 0.717) is 6.54 Å². The molecule has 4 rings (SSSR count). The number of para-hydroxylation sites is 1. The van der Waals surface area contributed by atoms with Crippen molar-refractivity contribution in [1.29, 1.82) is 0 Å². The average Bonchev–Trinajstić information content (AvgIpc) is 3.10. The molecule has 1 atom stereocenters. The van der Waals surface area contributed by atoms with Gasteiger partial charge in [0.1, 0.15) is 6.04 Å². The number of benzene rings is 2. The fourth-order valence-corrected chi connectivity index (χ4v) is 5.45. The van der Waals surface area contributed by atoms with Gasteiger partial charge < -0.3 is 4.90 Å². The van der Waals surface area contributed by atoms with Crippen molar-refractivity contribution >= 4 is 27.5 Å². The summed E-state index contributed by atoms with van der Waals surface area (Å²) in [6.45, 7) is 0.528. The van der Waals surface area contributed by atoms with Crippen LogP contribution in [0.3, 0.4) is 0 Å². The Morgan fingerprint density at radius 3 is 2.44 bits per heavy atom. The SMILES string of the molecule is O=C(C1CCC(=O)N1S(=O)(=O)c1ccccc1)N1CCCc2ccccc21. The minimum absolute atomic E-state index is 0.0251. The Hall–Kier alpha value is -2.67. The molecule has 0 bridgehead atoms. The Morgan fingerprint density at radius 2 is 1.67 bits per heavy atom. The first kappa shape index (κ1) is 17.7. The molecule has 27 heavy (non-hydrogen) atoms. The zero-order chi connectivity index (χ0) is 19.0. The monoisotopic (exact) mass is 384 g/mol. The zero-order valence-corrected chi connectivity index (χ0v) is 15.6. The van der Waals surface area contributed by atoms with E-state index in [1.807, 2.05) is 24.3 Å². The number of aryl methyl sites for hydroxylation is 1. The minimum atomic E-state index is -4.06. The van der Waals surface area contributed by atoms with Crippen LogP contribution in [0.15, 0.2) is 59.5 Å². The van der Waals surface area contributed by atoms with E-state index < -0.39 is 22.0 Å². The number of sulfonamides is 1. The number of rotatable bonds is 3. The van der Waals surface area contributed by atoms with Crippen molar-refractivity contribution in [2.24, 2.45) is 0 Å². The Morgan fingerprint density at radius 1 is 0.963 bits per heavy atom. The smallest absolute Gasteiger partial charge is 0.267 e. The molecule has 0 aromatic heterocycles. The summed E-state index contributed by atoms with van der Waals surface area (Å²) >= 11 is 0. The number of nitrogens with zero attached hydrogens (tertiary/aromatic N) is 2. The number of fused-ring (bicyclic) bond motifs is 1. The van der Waals surface area contributed by atoms with Crippen molar-refractivity contribution < 1.29 is 18.0 Å². The van der Waals surface area contributed by atoms with Crippen molar-refractivity contribution in [2.45, 2.75) is 36.6 Å². The van der Waals surface area contributed by atoms with Crippen LogP contribution in [0.2, 0.25) is 0 Å². The number of anilines is 1. The molecule has 2 heterocycles. The normalized spacial score (nSPS) is 19.9. The van der Waals surface area contributed by atoms with E-state index in [1.54, 1.807) is 23.1 Å². The Balaban J connectivity index is 1.69. The number of carbonyl (C=O) groups excluding carboxylic acids is 2. The molecule has 140 valence electrons. The van der Waals surface area contributed by atoms with Crippen molar-refractivity contribution in [3.05, 3.63) is 60.2 Å². The van der Waals surface area contributed by atoms with Crippen LogP contribution in [0.25, 0.3) is 0 Å². The summed E-state index contributed by atoms with van der Waals surface area (Å²) in [6.07, 6.45) is 1.96. The van der Waals surface area contributed by atoms with Crippen LogP contribution >= 0.6 is 0 Å². The lowest BCUT2D eigenvalue weighted by Crippen LogP contribution is -2.50.